The van der Waals surface area contributed by atoms with Gasteiger partial charge in [0.2, 0.25) is 17.7 Å². The zero-order chi connectivity index (χ0) is 24.0. The average molecular weight is 446 g/mol. The van der Waals surface area contributed by atoms with Crippen molar-refractivity contribution < 1.29 is 34.2 Å². The van der Waals surface area contributed by atoms with Gasteiger partial charge in [-0.05, 0) is 38.1 Å². The molecule has 0 saturated carbocycles. The Morgan fingerprint density at radius 3 is 1.97 bits per heavy atom. The van der Waals surface area contributed by atoms with E-state index in [2.05, 4.69) is 16.0 Å². The van der Waals surface area contributed by atoms with E-state index in [4.69, 9.17) is 16.6 Å². The fraction of sp³-hybridized carbons (Fsp3) is 0.737. The molecule has 0 rings (SSSR count). The summed E-state index contributed by atoms with van der Waals surface area (Å²) in [6, 6.07) is -3.42. The van der Waals surface area contributed by atoms with Crippen LogP contribution in [0.5, 0.6) is 0 Å². The van der Waals surface area contributed by atoms with Gasteiger partial charge in [0.15, 0.2) is 0 Å². The molecule has 0 aliphatic heterocycles. The summed E-state index contributed by atoms with van der Waals surface area (Å²) >= 11 is 0. The smallest absolute Gasteiger partial charge is 0.326 e. The number of rotatable bonds is 16. The number of nitrogens with one attached hydrogen (secondary N) is 3. The number of unbranched alkanes of at least 4 members (excludes halogenated alkanes) is 1. The first-order valence-corrected chi connectivity index (χ1v) is 10.3. The standard InChI is InChI=1S/C19H35N5O7/c1-3-11(2)16(24-14(25)10-21)18(29)22-12(6-4-5-9-20)17(28)23-13(19(30)31)7-8-15(26)27/h11-13,16H,3-10,20-21H2,1-2H3,(H,22,29)(H,23,28)(H,24,25)(H,26,27)(H,30,31). The van der Waals surface area contributed by atoms with Gasteiger partial charge in [-0.2, -0.15) is 0 Å². The van der Waals surface area contributed by atoms with E-state index < -0.39 is 54.2 Å². The van der Waals surface area contributed by atoms with Crippen molar-refractivity contribution in [3.05, 3.63) is 0 Å². The first-order chi connectivity index (χ1) is 14.6. The summed E-state index contributed by atoms with van der Waals surface area (Å²) in [7, 11) is 0. The van der Waals surface area contributed by atoms with Crippen LogP contribution in [0.25, 0.3) is 0 Å². The van der Waals surface area contributed by atoms with Gasteiger partial charge in [-0.1, -0.05) is 20.3 Å². The van der Waals surface area contributed by atoms with Crippen molar-refractivity contribution in [3.63, 3.8) is 0 Å². The minimum Gasteiger partial charge on any atom is -0.481 e. The van der Waals surface area contributed by atoms with Gasteiger partial charge < -0.3 is 37.6 Å². The fourth-order valence-corrected chi connectivity index (χ4v) is 2.75. The van der Waals surface area contributed by atoms with Crippen LogP contribution in [0.2, 0.25) is 0 Å². The third-order valence-corrected chi connectivity index (χ3v) is 4.84. The summed E-state index contributed by atoms with van der Waals surface area (Å²) in [5, 5.41) is 25.4. The second kappa shape index (κ2) is 15.1. The Balaban J connectivity index is 5.41. The number of carbonyl (C=O) groups is 5. The molecule has 0 aromatic rings. The lowest BCUT2D eigenvalue weighted by Crippen LogP contribution is -2.57. The van der Waals surface area contributed by atoms with Crippen LogP contribution in [-0.4, -0.2) is 71.1 Å². The van der Waals surface area contributed by atoms with Crippen molar-refractivity contribution in [1.29, 1.82) is 0 Å². The SMILES string of the molecule is CCC(C)C(NC(=O)CN)C(=O)NC(CCCCN)C(=O)NC(CCC(=O)O)C(=O)O. The van der Waals surface area contributed by atoms with Gasteiger partial charge in [0.1, 0.15) is 18.1 Å². The number of hydrogen-bond donors (Lipinski definition) is 7. The monoisotopic (exact) mass is 445 g/mol. The number of carboxylic acids is 2. The highest BCUT2D eigenvalue weighted by molar-refractivity contribution is 5.93. The lowest BCUT2D eigenvalue weighted by molar-refractivity contribution is -0.143. The Morgan fingerprint density at radius 2 is 1.48 bits per heavy atom. The summed E-state index contributed by atoms with van der Waals surface area (Å²) in [5.41, 5.74) is 10.8. The predicted octanol–water partition coefficient (Wildman–Crippen LogP) is -1.48. The highest BCUT2D eigenvalue weighted by Gasteiger charge is 2.31. The number of amides is 3. The number of hydrogen-bond acceptors (Lipinski definition) is 7. The molecule has 12 heteroatoms. The zero-order valence-electron chi connectivity index (χ0n) is 18.1. The van der Waals surface area contributed by atoms with E-state index in [9.17, 15) is 29.1 Å². The van der Waals surface area contributed by atoms with Crippen LogP contribution in [0.3, 0.4) is 0 Å². The van der Waals surface area contributed by atoms with Crippen LogP contribution in [0.4, 0.5) is 0 Å². The van der Waals surface area contributed by atoms with Crippen molar-refractivity contribution in [3.8, 4) is 0 Å². The molecule has 31 heavy (non-hydrogen) atoms. The highest BCUT2D eigenvalue weighted by Crippen LogP contribution is 2.10. The van der Waals surface area contributed by atoms with E-state index in [1.54, 1.807) is 6.92 Å². The molecule has 0 spiro atoms. The molecule has 0 saturated heterocycles. The van der Waals surface area contributed by atoms with Crippen molar-refractivity contribution >= 4 is 29.7 Å². The molecule has 4 atom stereocenters. The molecule has 9 N–H and O–H groups in total. The Bertz CT molecular complexity index is 629. The molecule has 12 nitrogen and oxygen atoms in total. The molecule has 0 aliphatic carbocycles. The van der Waals surface area contributed by atoms with E-state index in [1.165, 1.54) is 0 Å². The van der Waals surface area contributed by atoms with Crippen LogP contribution < -0.4 is 27.4 Å². The molecule has 0 heterocycles. The van der Waals surface area contributed by atoms with Gasteiger partial charge in [0.05, 0.1) is 6.54 Å². The van der Waals surface area contributed by atoms with Gasteiger partial charge in [0.25, 0.3) is 0 Å². The van der Waals surface area contributed by atoms with Crippen molar-refractivity contribution in [2.45, 2.75) is 70.5 Å². The lowest BCUT2D eigenvalue weighted by Gasteiger charge is -2.27. The number of carbonyl (C=O) groups excluding carboxylic acids is 3. The number of nitrogens with two attached hydrogens (primary N) is 2. The Kier molecular flexibility index (Phi) is 13.8. The maximum absolute atomic E-state index is 12.8. The van der Waals surface area contributed by atoms with Crippen molar-refractivity contribution in [2.75, 3.05) is 13.1 Å². The molecule has 4 unspecified atom stereocenters. The molecule has 0 fully saturated rings. The van der Waals surface area contributed by atoms with Crippen LogP contribution >= 0.6 is 0 Å². The molecule has 178 valence electrons. The second-order valence-corrected chi connectivity index (χ2v) is 7.31. The van der Waals surface area contributed by atoms with Crippen LogP contribution in [0.1, 0.15) is 52.4 Å². The molecule has 0 aromatic carbocycles. The predicted molar refractivity (Wildman–Crippen MR) is 112 cm³/mol. The average Bonchev–Trinajstić information content (AvgIpc) is 2.72. The summed E-state index contributed by atoms with van der Waals surface area (Å²) in [4.78, 5) is 59.3. The fourth-order valence-electron chi connectivity index (χ4n) is 2.75. The van der Waals surface area contributed by atoms with E-state index >= 15 is 0 Å². The Hall–Kier alpha value is -2.73. The third-order valence-electron chi connectivity index (χ3n) is 4.84. The molecular weight excluding hydrogens is 410 g/mol. The van der Waals surface area contributed by atoms with Gasteiger partial charge >= 0.3 is 11.9 Å². The number of carboxylic acid groups (broad SMARTS) is 2. The Morgan fingerprint density at radius 1 is 0.871 bits per heavy atom. The summed E-state index contributed by atoms with van der Waals surface area (Å²) < 4.78 is 0. The highest BCUT2D eigenvalue weighted by atomic mass is 16.4. The Labute approximate surface area is 181 Å². The zero-order valence-corrected chi connectivity index (χ0v) is 18.1. The van der Waals surface area contributed by atoms with Crippen LogP contribution in [0, 0.1) is 5.92 Å². The normalized spacial score (nSPS) is 14.6. The molecule has 0 aromatic heterocycles. The third kappa shape index (κ3) is 11.3. The molecule has 0 bridgehead atoms. The van der Waals surface area contributed by atoms with E-state index in [1.807, 2.05) is 6.92 Å². The molecular formula is C19H35N5O7. The minimum atomic E-state index is -1.42. The topological polar surface area (TPSA) is 214 Å². The second-order valence-electron chi connectivity index (χ2n) is 7.31. The van der Waals surface area contributed by atoms with Crippen molar-refractivity contribution in [2.24, 2.45) is 17.4 Å². The maximum Gasteiger partial charge on any atom is 0.326 e. The van der Waals surface area contributed by atoms with Crippen molar-refractivity contribution in [1.82, 2.24) is 16.0 Å². The maximum atomic E-state index is 12.8. The van der Waals surface area contributed by atoms with Crippen LogP contribution in [0.15, 0.2) is 0 Å². The molecule has 0 aliphatic rings. The molecule has 3 amide bonds. The van der Waals surface area contributed by atoms with Gasteiger partial charge in [-0.15, -0.1) is 0 Å². The minimum absolute atomic E-state index is 0.193. The van der Waals surface area contributed by atoms with Gasteiger partial charge in [-0.25, -0.2) is 4.79 Å². The van der Waals surface area contributed by atoms with E-state index in [0.717, 1.165) is 0 Å². The first-order valence-electron chi connectivity index (χ1n) is 10.3. The quantitative estimate of drug-likeness (QED) is 0.138. The molecule has 0 radical (unpaired) electrons. The van der Waals surface area contributed by atoms with E-state index in [0.29, 0.717) is 25.8 Å². The summed E-state index contributed by atoms with van der Waals surface area (Å²) in [5.74, 6) is -4.69. The summed E-state index contributed by atoms with van der Waals surface area (Å²) in [6.45, 7) is 3.67. The van der Waals surface area contributed by atoms with Gasteiger partial charge in [0, 0.05) is 6.42 Å². The first kappa shape index (κ1) is 28.3. The van der Waals surface area contributed by atoms with Gasteiger partial charge in [-0.3, -0.25) is 19.2 Å². The lowest BCUT2D eigenvalue weighted by atomic mass is 9.97. The van der Waals surface area contributed by atoms with Crippen LogP contribution in [-0.2, 0) is 24.0 Å². The number of aliphatic carboxylic acids is 2. The largest absolute Gasteiger partial charge is 0.481 e. The van der Waals surface area contributed by atoms with E-state index in [-0.39, 0.29) is 25.3 Å². The summed E-state index contributed by atoms with van der Waals surface area (Å²) in [6.07, 6.45) is 1.09.